The van der Waals surface area contributed by atoms with Gasteiger partial charge in [0.1, 0.15) is 22.7 Å². The van der Waals surface area contributed by atoms with Crippen LogP contribution in [0.5, 0.6) is 0 Å². The molecule has 73 heavy (non-hydrogen) atoms. The van der Waals surface area contributed by atoms with Crippen LogP contribution in [0.3, 0.4) is 0 Å². The molecule has 7 heterocycles. The Hall–Kier alpha value is -10.0. The summed E-state index contributed by atoms with van der Waals surface area (Å²) in [4.78, 5) is 36.4. The number of H-pyrrole nitrogens is 2. The van der Waals surface area contributed by atoms with Crippen molar-refractivity contribution in [1.82, 2.24) is 55.3 Å². The van der Waals surface area contributed by atoms with Crippen LogP contribution in [0.15, 0.2) is 218 Å². The molecule has 6 aromatic heterocycles. The minimum atomic E-state index is -1.58. The molecule has 0 aliphatic carbocycles. The molecule has 14 aromatic rings. The number of oxazole rings is 1. The van der Waals surface area contributed by atoms with E-state index < -0.39 is 16.9 Å². The topological polar surface area (TPSA) is 164 Å². The second-order valence-corrected chi connectivity index (χ2v) is 18.4. The largest absolute Gasteiger partial charge is 0.448 e. The number of imidazole rings is 1. The third kappa shape index (κ3) is 5.63. The fourth-order valence-corrected chi connectivity index (χ4v) is 12.4. The van der Waals surface area contributed by atoms with E-state index in [-0.39, 0.29) is 0 Å². The summed E-state index contributed by atoms with van der Waals surface area (Å²) >= 11 is 0. The first-order chi connectivity index (χ1) is 36.2. The van der Waals surface area contributed by atoms with Gasteiger partial charge in [0.15, 0.2) is 11.5 Å². The van der Waals surface area contributed by atoms with E-state index in [2.05, 4.69) is 155 Å². The van der Waals surface area contributed by atoms with Crippen LogP contribution in [0.4, 0.5) is 5.69 Å². The highest BCUT2D eigenvalue weighted by molar-refractivity contribution is 6.24. The zero-order chi connectivity index (χ0) is 48.1. The Labute approximate surface area is 415 Å². The van der Waals surface area contributed by atoms with Gasteiger partial charge in [-0.15, -0.1) is 0 Å². The average molecular weight is 943 g/mol. The van der Waals surface area contributed by atoms with Gasteiger partial charge in [-0.25, -0.2) is 19.9 Å². The average Bonchev–Trinajstić information content (AvgIpc) is 4.30. The molecular weight excluding hydrogens is 905 g/mol. The molecule has 0 radical (unpaired) electrons. The molecule has 15 rings (SSSR count). The number of nitrogens with zero attached hydrogens (tertiary/aromatic N) is 10. The fourth-order valence-electron chi connectivity index (χ4n) is 12.4. The number of nitrogens with one attached hydrogen (secondary N) is 2. The highest BCUT2D eigenvalue weighted by atomic mass is 16.3. The summed E-state index contributed by atoms with van der Waals surface area (Å²) in [5, 5.41) is 29.3. The summed E-state index contributed by atoms with van der Waals surface area (Å²) in [6.45, 7) is 0. The smallest absolute Gasteiger partial charge is 0.208 e. The molecule has 13 heteroatoms. The fraction of sp³-hybridized carbons (Fsp3) is 0.0500. The molecule has 0 fully saturated rings. The molecule has 1 aliphatic heterocycles. The number of rotatable bonds is 8. The van der Waals surface area contributed by atoms with Gasteiger partial charge in [-0.3, -0.25) is 15.1 Å². The van der Waals surface area contributed by atoms with Crippen LogP contribution >= 0.6 is 0 Å². The van der Waals surface area contributed by atoms with Crippen molar-refractivity contribution in [2.45, 2.75) is 16.9 Å². The van der Waals surface area contributed by atoms with E-state index in [1.54, 1.807) is 56.0 Å². The van der Waals surface area contributed by atoms with Crippen molar-refractivity contribution in [3.05, 3.63) is 254 Å². The summed E-state index contributed by atoms with van der Waals surface area (Å²) in [7, 11) is 0. The van der Waals surface area contributed by atoms with E-state index in [4.69, 9.17) is 49.6 Å². The molecule has 0 spiro atoms. The highest BCUT2D eigenvalue weighted by Gasteiger charge is 2.72. The van der Waals surface area contributed by atoms with Crippen molar-refractivity contribution in [2.75, 3.05) is 4.90 Å². The highest BCUT2D eigenvalue weighted by Crippen LogP contribution is 2.70. The predicted molar refractivity (Wildman–Crippen MR) is 282 cm³/mol. The van der Waals surface area contributed by atoms with Gasteiger partial charge < -0.3 is 14.3 Å². The number of fused-ring (bicyclic) bond motifs is 4. The Bertz CT molecular complexity index is 4400. The van der Waals surface area contributed by atoms with E-state index in [9.17, 15) is 0 Å². The Morgan fingerprint density at radius 1 is 0.562 bits per heavy atom. The van der Waals surface area contributed by atoms with Crippen molar-refractivity contribution in [2.24, 2.45) is 0 Å². The zero-order valence-corrected chi connectivity index (χ0v) is 38.7. The zero-order valence-electron chi connectivity index (χ0n) is 38.7. The molecule has 0 amide bonds. The first-order valence-corrected chi connectivity index (χ1v) is 24.0. The number of benzene rings is 8. The normalized spacial score (nSPS) is 18.3. The summed E-state index contributed by atoms with van der Waals surface area (Å²) in [5.74, 6) is -0.0606. The molecule has 0 saturated carbocycles. The number of para-hydroxylation sites is 1. The molecular formula is C60H38N12O. The van der Waals surface area contributed by atoms with Crippen molar-refractivity contribution >= 4 is 82.0 Å². The second kappa shape index (κ2) is 15.8. The van der Waals surface area contributed by atoms with Crippen LogP contribution in [-0.2, 0) is 11.0 Å². The van der Waals surface area contributed by atoms with Crippen molar-refractivity contribution in [3.63, 3.8) is 0 Å². The van der Waals surface area contributed by atoms with Gasteiger partial charge in [-0.1, -0.05) is 127 Å². The molecule has 3 atom stereocenters. The molecule has 3 unspecified atom stereocenters. The molecule has 0 bridgehead atoms. The van der Waals surface area contributed by atoms with Crippen LogP contribution in [0, 0.1) is 0 Å². The van der Waals surface area contributed by atoms with Crippen molar-refractivity contribution in [1.29, 1.82) is 0 Å². The minimum absolute atomic E-state index is 0.379. The van der Waals surface area contributed by atoms with Crippen LogP contribution in [0.2, 0.25) is 0 Å². The SMILES string of the molecule is c1ccc(N2C(c3ncc4[nH]cnc4n3)=C(c3cnccn3)C(c3ccn[nH]3)C(c3ncco3)(c3ccc4ccc5cccc6ccc3c4c56)C2(c2cccnn2)c2cccc3c2ccc2ccccc23)cc1. The van der Waals surface area contributed by atoms with Gasteiger partial charge in [0.05, 0.1) is 47.9 Å². The van der Waals surface area contributed by atoms with Crippen molar-refractivity contribution in [3.8, 4) is 0 Å². The van der Waals surface area contributed by atoms with Gasteiger partial charge in [0, 0.05) is 41.7 Å². The maximum atomic E-state index is 7.16. The van der Waals surface area contributed by atoms with E-state index in [1.807, 2.05) is 18.2 Å². The monoisotopic (exact) mass is 942 g/mol. The molecule has 344 valence electrons. The number of anilines is 1. The Morgan fingerprint density at radius 2 is 1.36 bits per heavy atom. The van der Waals surface area contributed by atoms with Crippen LogP contribution in [-0.4, -0.2) is 55.3 Å². The van der Waals surface area contributed by atoms with E-state index in [0.717, 1.165) is 76.4 Å². The summed E-state index contributed by atoms with van der Waals surface area (Å²) < 4.78 is 7.16. The lowest BCUT2D eigenvalue weighted by molar-refractivity contribution is 0.219. The molecule has 1 aliphatic rings. The Balaban J connectivity index is 1.28. The van der Waals surface area contributed by atoms with Gasteiger partial charge in [0.25, 0.3) is 0 Å². The lowest BCUT2D eigenvalue weighted by Gasteiger charge is -2.62. The first-order valence-electron chi connectivity index (χ1n) is 24.0. The lowest BCUT2D eigenvalue weighted by atomic mass is 9.48. The maximum Gasteiger partial charge on any atom is 0.208 e. The number of aromatic nitrogens is 11. The predicted octanol–water partition coefficient (Wildman–Crippen LogP) is 12.0. The summed E-state index contributed by atoms with van der Waals surface area (Å²) in [6.07, 6.45) is 15.5. The van der Waals surface area contributed by atoms with E-state index in [0.29, 0.717) is 45.5 Å². The Morgan fingerprint density at radius 3 is 2.18 bits per heavy atom. The number of hydrogen-bond donors (Lipinski definition) is 2. The van der Waals surface area contributed by atoms with Gasteiger partial charge in [-0.2, -0.15) is 15.3 Å². The van der Waals surface area contributed by atoms with Gasteiger partial charge in [0.2, 0.25) is 5.89 Å². The molecule has 8 aromatic carbocycles. The van der Waals surface area contributed by atoms with E-state index in [1.165, 1.54) is 0 Å². The number of allylic oxidation sites excluding steroid dienone is 1. The minimum Gasteiger partial charge on any atom is -0.448 e. The third-order valence-electron chi connectivity index (χ3n) is 15.0. The van der Waals surface area contributed by atoms with Crippen LogP contribution < -0.4 is 4.90 Å². The molecule has 2 N–H and O–H groups in total. The van der Waals surface area contributed by atoms with Crippen molar-refractivity contribution < 1.29 is 4.42 Å². The number of hydrogen-bond acceptors (Lipinski definition) is 11. The van der Waals surface area contributed by atoms with Crippen LogP contribution in [0.1, 0.15) is 45.8 Å². The second-order valence-electron chi connectivity index (χ2n) is 18.4. The molecule has 13 nitrogen and oxygen atoms in total. The Kier molecular flexibility index (Phi) is 8.81. The van der Waals surface area contributed by atoms with Crippen LogP contribution in [0.25, 0.3) is 76.3 Å². The standard InChI is InChI=1S/C60H38N12O/c1-2-12-40(13-3-1)72-55(57-64-34-49-56(69-57)66-35-65-49)53(48-33-61-29-30-62-48)54(47-26-28-68-70-47)59(58-63-31-32-73-58,45-25-22-39-19-18-37-10-6-11-38-21-24-44(45)52(39)51(37)38)60(72,50-17-8-27-67-71-50)46-16-7-15-42-41-14-5-4-9-36(41)20-23-43(42)46/h1-35,54H,(H,68,70)(H,64,65,66,69). The number of aromatic amines is 2. The summed E-state index contributed by atoms with van der Waals surface area (Å²) in [6, 6.07) is 55.8. The van der Waals surface area contributed by atoms with E-state index >= 15 is 0 Å². The van der Waals surface area contributed by atoms with Gasteiger partial charge >= 0.3 is 0 Å². The van der Waals surface area contributed by atoms with Gasteiger partial charge in [-0.05, 0) is 95.3 Å². The third-order valence-corrected chi connectivity index (χ3v) is 15.0. The maximum absolute atomic E-state index is 7.16. The first kappa shape index (κ1) is 40.8. The lowest BCUT2D eigenvalue weighted by Crippen LogP contribution is -2.66. The summed E-state index contributed by atoms with van der Waals surface area (Å²) in [5.41, 5.74) is 3.81. The molecule has 0 saturated heterocycles. The quantitative estimate of drug-likeness (QED) is 0.139.